The summed E-state index contributed by atoms with van der Waals surface area (Å²) in [4.78, 5) is 2.40. The lowest BCUT2D eigenvalue weighted by Crippen LogP contribution is -2.54. The van der Waals surface area contributed by atoms with Crippen LogP contribution in [-0.2, 0) is 4.74 Å². The third-order valence-corrected chi connectivity index (χ3v) is 2.35. The first-order valence-electron chi connectivity index (χ1n) is 4.21. The second-order valence-electron chi connectivity index (χ2n) is 3.36. The lowest BCUT2D eigenvalue weighted by Gasteiger charge is -2.42. The summed E-state index contributed by atoms with van der Waals surface area (Å²) in [5.41, 5.74) is 5.51. The Kier molecular flexibility index (Phi) is 3.30. The van der Waals surface area contributed by atoms with Crippen molar-refractivity contribution in [2.24, 2.45) is 11.7 Å². The summed E-state index contributed by atoms with van der Waals surface area (Å²) >= 11 is 0. The van der Waals surface area contributed by atoms with Crippen molar-refractivity contribution in [3.05, 3.63) is 0 Å². The number of likely N-dealkylation sites (tertiary alicyclic amines) is 1. The van der Waals surface area contributed by atoms with Crippen LogP contribution in [0.3, 0.4) is 0 Å². The van der Waals surface area contributed by atoms with Gasteiger partial charge in [0, 0.05) is 26.2 Å². The molecule has 1 fully saturated rings. The molecule has 0 spiro atoms. The SMILES string of the molecule is COCC(C)N1CC(CN)C1. The third kappa shape index (κ3) is 2.15. The molecule has 1 saturated heterocycles. The predicted octanol–water partition coefficient (Wildman–Crippen LogP) is -0.0882. The maximum absolute atomic E-state index is 5.51. The van der Waals surface area contributed by atoms with Gasteiger partial charge in [-0.25, -0.2) is 0 Å². The largest absolute Gasteiger partial charge is 0.383 e. The smallest absolute Gasteiger partial charge is 0.0615 e. The van der Waals surface area contributed by atoms with Crippen LogP contribution in [0.25, 0.3) is 0 Å². The van der Waals surface area contributed by atoms with Gasteiger partial charge in [-0.3, -0.25) is 4.90 Å². The summed E-state index contributed by atoms with van der Waals surface area (Å²) in [5.74, 6) is 0.731. The van der Waals surface area contributed by atoms with Gasteiger partial charge in [-0.05, 0) is 19.4 Å². The van der Waals surface area contributed by atoms with Crippen molar-refractivity contribution in [1.82, 2.24) is 4.90 Å². The fourth-order valence-electron chi connectivity index (χ4n) is 1.47. The van der Waals surface area contributed by atoms with Crippen LogP contribution in [0.4, 0.5) is 0 Å². The molecule has 1 unspecified atom stereocenters. The van der Waals surface area contributed by atoms with E-state index in [4.69, 9.17) is 10.5 Å². The summed E-state index contributed by atoms with van der Waals surface area (Å²) in [6.07, 6.45) is 0. The summed E-state index contributed by atoms with van der Waals surface area (Å²) < 4.78 is 5.06. The maximum Gasteiger partial charge on any atom is 0.0615 e. The average Bonchev–Trinajstić information content (AvgIpc) is 1.86. The Balaban J connectivity index is 2.10. The number of hydrogen-bond acceptors (Lipinski definition) is 3. The molecule has 1 rings (SSSR count). The molecule has 0 bridgehead atoms. The van der Waals surface area contributed by atoms with Gasteiger partial charge in [0.1, 0.15) is 0 Å². The second kappa shape index (κ2) is 4.04. The minimum absolute atomic E-state index is 0.558. The third-order valence-electron chi connectivity index (χ3n) is 2.35. The number of nitrogens with zero attached hydrogens (tertiary/aromatic N) is 1. The van der Waals surface area contributed by atoms with E-state index >= 15 is 0 Å². The highest BCUT2D eigenvalue weighted by molar-refractivity contribution is 4.83. The number of ether oxygens (including phenoxy) is 1. The minimum atomic E-state index is 0.558. The molecule has 1 aliphatic heterocycles. The van der Waals surface area contributed by atoms with E-state index in [9.17, 15) is 0 Å². The van der Waals surface area contributed by atoms with Crippen molar-refractivity contribution in [2.75, 3.05) is 33.4 Å². The normalized spacial score (nSPS) is 23.2. The maximum atomic E-state index is 5.51. The topological polar surface area (TPSA) is 38.5 Å². The predicted molar refractivity (Wildman–Crippen MR) is 45.5 cm³/mol. The Labute approximate surface area is 68.5 Å². The van der Waals surface area contributed by atoms with E-state index in [-0.39, 0.29) is 0 Å². The molecule has 3 heteroatoms. The Bertz CT molecular complexity index is 113. The molecule has 0 saturated carbocycles. The first-order chi connectivity index (χ1) is 5.27. The minimum Gasteiger partial charge on any atom is -0.383 e. The Hall–Kier alpha value is -0.120. The molecule has 1 aliphatic rings. The first-order valence-corrected chi connectivity index (χ1v) is 4.21. The number of rotatable bonds is 4. The van der Waals surface area contributed by atoms with Crippen molar-refractivity contribution in [2.45, 2.75) is 13.0 Å². The monoisotopic (exact) mass is 158 g/mol. The number of methoxy groups -OCH3 is 1. The van der Waals surface area contributed by atoms with Gasteiger partial charge in [-0.15, -0.1) is 0 Å². The van der Waals surface area contributed by atoms with Crippen LogP contribution in [0.5, 0.6) is 0 Å². The molecule has 3 nitrogen and oxygen atoms in total. The van der Waals surface area contributed by atoms with Gasteiger partial charge < -0.3 is 10.5 Å². The van der Waals surface area contributed by atoms with Gasteiger partial charge in [0.05, 0.1) is 6.61 Å². The highest BCUT2D eigenvalue weighted by atomic mass is 16.5. The van der Waals surface area contributed by atoms with Crippen LogP contribution in [0.1, 0.15) is 6.92 Å². The summed E-state index contributed by atoms with van der Waals surface area (Å²) in [6.45, 7) is 6.16. The van der Waals surface area contributed by atoms with E-state index in [1.54, 1.807) is 7.11 Å². The summed E-state index contributed by atoms with van der Waals surface area (Å²) in [6, 6.07) is 0.558. The van der Waals surface area contributed by atoms with Gasteiger partial charge in [-0.2, -0.15) is 0 Å². The zero-order valence-corrected chi connectivity index (χ0v) is 7.42. The zero-order valence-electron chi connectivity index (χ0n) is 7.42. The molecule has 1 heterocycles. The van der Waals surface area contributed by atoms with E-state index in [0.29, 0.717) is 6.04 Å². The van der Waals surface area contributed by atoms with E-state index in [1.165, 1.54) is 0 Å². The van der Waals surface area contributed by atoms with Crippen LogP contribution in [0.15, 0.2) is 0 Å². The molecule has 0 aromatic rings. The molecule has 0 aromatic carbocycles. The van der Waals surface area contributed by atoms with Crippen molar-refractivity contribution >= 4 is 0 Å². The van der Waals surface area contributed by atoms with Gasteiger partial charge in [0.15, 0.2) is 0 Å². The zero-order chi connectivity index (χ0) is 8.27. The van der Waals surface area contributed by atoms with Gasteiger partial charge in [0.2, 0.25) is 0 Å². The van der Waals surface area contributed by atoms with E-state index in [0.717, 1.165) is 32.2 Å². The standard InChI is InChI=1S/C8H18N2O/c1-7(6-11-2)10-4-8(3-9)5-10/h7-8H,3-6,9H2,1-2H3. The van der Waals surface area contributed by atoms with Crippen molar-refractivity contribution < 1.29 is 4.74 Å². The molecule has 66 valence electrons. The first kappa shape index (κ1) is 8.97. The van der Waals surface area contributed by atoms with Gasteiger partial charge >= 0.3 is 0 Å². The molecule has 11 heavy (non-hydrogen) atoms. The molecule has 1 atom stereocenters. The van der Waals surface area contributed by atoms with Crippen molar-refractivity contribution in [1.29, 1.82) is 0 Å². The summed E-state index contributed by atoms with van der Waals surface area (Å²) in [7, 11) is 1.75. The fourth-order valence-corrected chi connectivity index (χ4v) is 1.47. The fraction of sp³-hybridized carbons (Fsp3) is 1.00. The van der Waals surface area contributed by atoms with Crippen LogP contribution < -0.4 is 5.73 Å². The van der Waals surface area contributed by atoms with Gasteiger partial charge in [-0.1, -0.05) is 0 Å². The van der Waals surface area contributed by atoms with Crippen LogP contribution in [-0.4, -0.2) is 44.3 Å². The molecule has 0 aliphatic carbocycles. The number of hydrogen-bond donors (Lipinski definition) is 1. The van der Waals surface area contributed by atoms with Crippen LogP contribution in [0, 0.1) is 5.92 Å². The molecule has 2 N–H and O–H groups in total. The highest BCUT2D eigenvalue weighted by Gasteiger charge is 2.28. The second-order valence-corrected chi connectivity index (χ2v) is 3.36. The molecular formula is C8H18N2O. The Morgan fingerprint density at radius 3 is 2.73 bits per heavy atom. The van der Waals surface area contributed by atoms with Crippen molar-refractivity contribution in [3.63, 3.8) is 0 Å². The van der Waals surface area contributed by atoms with E-state index < -0.39 is 0 Å². The van der Waals surface area contributed by atoms with Crippen molar-refractivity contribution in [3.8, 4) is 0 Å². The Morgan fingerprint density at radius 2 is 2.27 bits per heavy atom. The van der Waals surface area contributed by atoms with Crippen LogP contribution in [0.2, 0.25) is 0 Å². The van der Waals surface area contributed by atoms with Crippen LogP contribution >= 0.6 is 0 Å². The Morgan fingerprint density at radius 1 is 1.64 bits per heavy atom. The molecular weight excluding hydrogens is 140 g/mol. The lowest BCUT2D eigenvalue weighted by atomic mass is 9.98. The molecule has 0 aromatic heterocycles. The quantitative estimate of drug-likeness (QED) is 0.621. The average molecular weight is 158 g/mol. The molecule has 0 amide bonds. The van der Waals surface area contributed by atoms with Gasteiger partial charge in [0.25, 0.3) is 0 Å². The number of nitrogens with two attached hydrogens (primary N) is 1. The molecule has 0 radical (unpaired) electrons. The lowest BCUT2D eigenvalue weighted by molar-refractivity contribution is 0.0234. The highest BCUT2D eigenvalue weighted by Crippen LogP contribution is 2.16. The van der Waals surface area contributed by atoms with E-state index in [2.05, 4.69) is 11.8 Å². The summed E-state index contributed by atoms with van der Waals surface area (Å²) in [5, 5.41) is 0. The van der Waals surface area contributed by atoms with E-state index in [1.807, 2.05) is 0 Å².